The van der Waals surface area contributed by atoms with E-state index in [1.807, 2.05) is 24.3 Å². The van der Waals surface area contributed by atoms with Gasteiger partial charge in [0.05, 0.1) is 19.7 Å². The smallest absolute Gasteiger partial charge is 0.234 e. The zero-order valence-corrected chi connectivity index (χ0v) is 12.2. The summed E-state index contributed by atoms with van der Waals surface area (Å²) in [5.74, 6) is 1.31. The van der Waals surface area contributed by atoms with Crippen molar-refractivity contribution in [3.05, 3.63) is 29.8 Å². The Balaban J connectivity index is 2.92. The molecular weight excluding hydrogens is 240 g/mol. The third-order valence-electron chi connectivity index (χ3n) is 2.89. The number of nitrogens with one attached hydrogen (secondary N) is 2. The second kappa shape index (κ2) is 7.79. The lowest BCUT2D eigenvalue weighted by Crippen LogP contribution is -2.35. The fourth-order valence-corrected chi connectivity index (χ4v) is 2.10. The minimum absolute atomic E-state index is 0.000874. The summed E-state index contributed by atoms with van der Waals surface area (Å²) in [6.45, 7) is 4.61. The van der Waals surface area contributed by atoms with Gasteiger partial charge in [0.1, 0.15) is 5.75 Å². The summed E-state index contributed by atoms with van der Waals surface area (Å²) in [6, 6.07) is 7.81. The minimum atomic E-state index is -0.0167. The highest BCUT2D eigenvalue weighted by Crippen LogP contribution is 2.29. The molecule has 1 atom stereocenters. The second-order valence-electron chi connectivity index (χ2n) is 5.02. The van der Waals surface area contributed by atoms with Crippen LogP contribution in [0.2, 0.25) is 0 Å². The molecule has 0 heterocycles. The standard InChI is InChI=1S/C15H24N2O2/c1-11(2)9-13(17-15(18)10-16-3)12-7-5-6-8-14(12)19-4/h5-8,11,13,16H,9-10H2,1-4H3,(H,17,18). The van der Waals surface area contributed by atoms with E-state index in [9.17, 15) is 4.79 Å². The molecule has 0 aliphatic rings. The van der Waals surface area contributed by atoms with E-state index in [2.05, 4.69) is 24.5 Å². The van der Waals surface area contributed by atoms with Crippen LogP contribution in [0, 0.1) is 5.92 Å². The lowest BCUT2D eigenvalue weighted by Gasteiger charge is -2.23. The fraction of sp³-hybridized carbons (Fsp3) is 0.533. The molecule has 106 valence electrons. The van der Waals surface area contributed by atoms with Crippen molar-refractivity contribution >= 4 is 5.91 Å². The first-order chi connectivity index (χ1) is 9.08. The molecule has 1 aromatic carbocycles. The maximum atomic E-state index is 11.8. The molecular formula is C15H24N2O2. The summed E-state index contributed by atoms with van der Waals surface area (Å²) < 4.78 is 5.38. The zero-order valence-electron chi connectivity index (χ0n) is 12.2. The van der Waals surface area contributed by atoms with E-state index in [4.69, 9.17) is 4.74 Å². The Kier molecular flexibility index (Phi) is 6.36. The van der Waals surface area contributed by atoms with Gasteiger partial charge in [-0.05, 0) is 25.5 Å². The highest BCUT2D eigenvalue weighted by Gasteiger charge is 2.19. The summed E-state index contributed by atoms with van der Waals surface area (Å²) in [4.78, 5) is 11.8. The van der Waals surface area contributed by atoms with Crippen LogP contribution < -0.4 is 15.4 Å². The third-order valence-corrected chi connectivity index (χ3v) is 2.89. The van der Waals surface area contributed by atoms with Crippen LogP contribution in [0.1, 0.15) is 31.9 Å². The van der Waals surface area contributed by atoms with Crippen molar-refractivity contribution in [3.8, 4) is 5.75 Å². The normalized spacial score (nSPS) is 12.3. The zero-order chi connectivity index (χ0) is 14.3. The number of benzene rings is 1. The quantitative estimate of drug-likeness (QED) is 0.793. The summed E-state index contributed by atoms with van der Waals surface area (Å²) in [6.07, 6.45) is 0.885. The van der Waals surface area contributed by atoms with Crippen LogP contribution in [-0.4, -0.2) is 26.6 Å². The van der Waals surface area contributed by atoms with Gasteiger partial charge in [-0.1, -0.05) is 32.0 Å². The van der Waals surface area contributed by atoms with Gasteiger partial charge >= 0.3 is 0 Å². The fourth-order valence-electron chi connectivity index (χ4n) is 2.10. The Morgan fingerprint density at radius 1 is 1.32 bits per heavy atom. The number of amides is 1. The Bertz CT molecular complexity index is 405. The molecule has 1 aromatic rings. The molecule has 1 unspecified atom stereocenters. The van der Waals surface area contributed by atoms with Gasteiger partial charge in [0, 0.05) is 5.56 Å². The summed E-state index contributed by atoms with van der Waals surface area (Å²) in [5, 5.41) is 5.92. The minimum Gasteiger partial charge on any atom is -0.496 e. The SMILES string of the molecule is CNCC(=O)NC(CC(C)C)c1ccccc1OC. The highest BCUT2D eigenvalue weighted by atomic mass is 16.5. The Hall–Kier alpha value is -1.55. The molecule has 0 spiro atoms. The molecule has 2 N–H and O–H groups in total. The van der Waals surface area contributed by atoms with Crippen molar-refractivity contribution in [1.29, 1.82) is 0 Å². The van der Waals surface area contributed by atoms with E-state index >= 15 is 0 Å². The van der Waals surface area contributed by atoms with E-state index in [-0.39, 0.29) is 11.9 Å². The van der Waals surface area contributed by atoms with Gasteiger partial charge in [-0.2, -0.15) is 0 Å². The van der Waals surface area contributed by atoms with Gasteiger partial charge in [-0.25, -0.2) is 0 Å². The molecule has 0 bridgehead atoms. The van der Waals surface area contributed by atoms with Crippen LogP contribution in [0.3, 0.4) is 0 Å². The van der Waals surface area contributed by atoms with Gasteiger partial charge in [-0.15, -0.1) is 0 Å². The first-order valence-corrected chi connectivity index (χ1v) is 6.65. The van der Waals surface area contributed by atoms with Crippen LogP contribution in [0.5, 0.6) is 5.75 Å². The number of carbonyl (C=O) groups is 1. The van der Waals surface area contributed by atoms with E-state index < -0.39 is 0 Å². The second-order valence-corrected chi connectivity index (χ2v) is 5.02. The van der Waals surface area contributed by atoms with Crippen molar-refractivity contribution < 1.29 is 9.53 Å². The Morgan fingerprint density at radius 2 is 2.00 bits per heavy atom. The molecule has 4 nitrogen and oxygen atoms in total. The number of rotatable bonds is 7. The number of carbonyl (C=O) groups excluding carboxylic acids is 1. The van der Waals surface area contributed by atoms with Crippen molar-refractivity contribution in [3.63, 3.8) is 0 Å². The topological polar surface area (TPSA) is 50.4 Å². The lowest BCUT2D eigenvalue weighted by molar-refractivity contribution is -0.121. The number of methoxy groups -OCH3 is 1. The maximum Gasteiger partial charge on any atom is 0.234 e. The van der Waals surface area contributed by atoms with Crippen LogP contribution in [-0.2, 0) is 4.79 Å². The van der Waals surface area contributed by atoms with Gasteiger partial charge in [0.15, 0.2) is 0 Å². The Labute approximate surface area is 115 Å². The number of likely N-dealkylation sites (N-methyl/N-ethyl adjacent to an activating group) is 1. The van der Waals surface area contributed by atoms with E-state index in [1.165, 1.54) is 0 Å². The first kappa shape index (κ1) is 15.5. The molecule has 0 fully saturated rings. The van der Waals surface area contributed by atoms with E-state index in [0.29, 0.717) is 12.5 Å². The molecule has 0 radical (unpaired) electrons. The van der Waals surface area contributed by atoms with Gasteiger partial charge < -0.3 is 15.4 Å². The number of hydrogen-bond donors (Lipinski definition) is 2. The maximum absolute atomic E-state index is 11.8. The van der Waals surface area contributed by atoms with Crippen molar-refractivity contribution in [2.24, 2.45) is 5.92 Å². The average molecular weight is 264 g/mol. The summed E-state index contributed by atoms with van der Waals surface area (Å²) in [7, 11) is 3.42. The average Bonchev–Trinajstić information content (AvgIpc) is 2.37. The van der Waals surface area contributed by atoms with Crippen molar-refractivity contribution in [2.45, 2.75) is 26.3 Å². The lowest BCUT2D eigenvalue weighted by atomic mass is 9.96. The predicted molar refractivity (Wildman–Crippen MR) is 77.3 cm³/mol. The molecule has 19 heavy (non-hydrogen) atoms. The van der Waals surface area contributed by atoms with Gasteiger partial charge in [0.25, 0.3) is 0 Å². The molecule has 0 aliphatic heterocycles. The van der Waals surface area contributed by atoms with Gasteiger partial charge in [-0.3, -0.25) is 4.79 Å². The molecule has 1 rings (SSSR count). The molecule has 1 amide bonds. The number of ether oxygens (including phenoxy) is 1. The van der Waals surface area contributed by atoms with Crippen LogP contribution in [0.25, 0.3) is 0 Å². The first-order valence-electron chi connectivity index (χ1n) is 6.65. The Morgan fingerprint density at radius 3 is 2.58 bits per heavy atom. The van der Waals surface area contributed by atoms with Crippen LogP contribution in [0.4, 0.5) is 0 Å². The third kappa shape index (κ3) is 4.91. The van der Waals surface area contributed by atoms with E-state index in [0.717, 1.165) is 17.7 Å². The summed E-state index contributed by atoms with van der Waals surface area (Å²) in [5.41, 5.74) is 1.03. The van der Waals surface area contributed by atoms with E-state index in [1.54, 1.807) is 14.2 Å². The number of para-hydroxylation sites is 1. The largest absolute Gasteiger partial charge is 0.496 e. The number of hydrogen-bond acceptors (Lipinski definition) is 3. The summed E-state index contributed by atoms with van der Waals surface area (Å²) >= 11 is 0. The van der Waals surface area contributed by atoms with Crippen molar-refractivity contribution in [1.82, 2.24) is 10.6 Å². The molecule has 0 saturated heterocycles. The monoisotopic (exact) mass is 264 g/mol. The van der Waals surface area contributed by atoms with Crippen molar-refractivity contribution in [2.75, 3.05) is 20.7 Å². The van der Waals surface area contributed by atoms with Crippen LogP contribution >= 0.6 is 0 Å². The van der Waals surface area contributed by atoms with Crippen LogP contribution in [0.15, 0.2) is 24.3 Å². The molecule has 0 saturated carbocycles. The molecule has 0 aromatic heterocycles. The molecule has 4 heteroatoms. The highest BCUT2D eigenvalue weighted by molar-refractivity contribution is 5.78. The predicted octanol–water partition coefficient (Wildman–Crippen LogP) is 2.12. The molecule has 0 aliphatic carbocycles. The van der Waals surface area contributed by atoms with Gasteiger partial charge in [0.2, 0.25) is 5.91 Å².